The van der Waals surface area contributed by atoms with E-state index in [1.54, 1.807) is 36.4 Å². The average molecular weight is 493 g/mol. The van der Waals surface area contributed by atoms with Crippen LogP contribution in [0.1, 0.15) is 45.7 Å². The van der Waals surface area contributed by atoms with Gasteiger partial charge in [-0.25, -0.2) is 17.1 Å². The second-order valence-corrected chi connectivity index (χ2v) is 9.87. The number of hydrogen-bond donors (Lipinski definition) is 1. The Morgan fingerprint density at radius 2 is 1.60 bits per heavy atom. The molecule has 1 aliphatic heterocycles. The third kappa shape index (κ3) is 4.76. The van der Waals surface area contributed by atoms with Gasteiger partial charge in [0.15, 0.2) is 5.78 Å². The molecule has 0 saturated carbocycles. The first-order valence-electron chi connectivity index (χ1n) is 10.6. The predicted octanol–water partition coefficient (Wildman–Crippen LogP) is 4.38. The Balaban J connectivity index is 1.50. The van der Waals surface area contributed by atoms with E-state index in [0.29, 0.717) is 22.4 Å². The number of nitrogens with zero attached hydrogens (tertiary/aromatic N) is 1. The van der Waals surface area contributed by atoms with E-state index in [9.17, 15) is 27.2 Å². The Kier molecular flexibility index (Phi) is 6.36. The number of benzene rings is 3. The molecule has 35 heavy (non-hydrogen) atoms. The van der Waals surface area contributed by atoms with Gasteiger partial charge in [0.05, 0.1) is 6.54 Å². The van der Waals surface area contributed by atoms with Crippen LogP contribution in [0.5, 0.6) is 0 Å². The summed E-state index contributed by atoms with van der Waals surface area (Å²) in [5, 5.41) is 2.71. The first-order chi connectivity index (χ1) is 16.6. The first kappa shape index (κ1) is 24.0. The van der Waals surface area contributed by atoms with Crippen LogP contribution in [0.3, 0.4) is 0 Å². The second kappa shape index (κ2) is 9.27. The van der Waals surface area contributed by atoms with Gasteiger partial charge in [-0.1, -0.05) is 36.4 Å². The van der Waals surface area contributed by atoms with Crippen molar-refractivity contribution in [2.24, 2.45) is 0 Å². The van der Waals surface area contributed by atoms with E-state index in [-0.39, 0.29) is 28.4 Å². The summed E-state index contributed by atoms with van der Waals surface area (Å²) in [6.07, 6.45) is 0. The zero-order valence-electron chi connectivity index (χ0n) is 18.9. The number of carbonyl (C=O) groups is 3. The lowest BCUT2D eigenvalue weighted by molar-refractivity contribution is -0.122. The molecular weight excluding hydrogens is 471 g/mol. The summed E-state index contributed by atoms with van der Waals surface area (Å²) in [6.45, 7) is 2.64. The van der Waals surface area contributed by atoms with Crippen LogP contribution >= 0.6 is 0 Å². The molecule has 9 heteroatoms. The zero-order valence-corrected chi connectivity index (χ0v) is 19.7. The topological polar surface area (TPSA) is 101 Å². The molecule has 4 rings (SSSR count). The number of carbonyl (C=O) groups excluding carboxylic acids is 3. The Morgan fingerprint density at radius 1 is 0.943 bits per heavy atom. The molecule has 7 nitrogen and oxygen atoms in total. The van der Waals surface area contributed by atoms with Gasteiger partial charge in [-0.3, -0.25) is 14.4 Å². The van der Waals surface area contributed by atoms with Crippen molar-refractivity contribution in [3.63, 3.8) is 0 Å². The maximum Gasteiger partial charge on any atom is 0.268 e. The molecule has 2 amide bonds. The number of amides is 2. The fourth-order valence-corrected chi connectivity index (χ4v) is 5.57. The number of rotatable bonds is 6. The lowest BCUT2D eigenvalue weighted by atomic mass is 10.1. The van der Waals surface area contributed by atoms with Crippen LogP contribution in [0.15, 0.2) is 78.4 Å². The lowest BCUT2D eigenvalue weighted by Crippen LogP contribution is -2.30. The standard InChI is InChI=1S/C26H21FN2O5S/c1-16-24(19-10-12-22(27)13-11-19)35(33,34)29(26(16)32)15-18-6-8-20(9-7-18)25(31)28-23-5-3-4-21(14-23)17(2)30/h3-14H,15H2,1-2H3,(H,28,31). The molecule has 0 saturated heterocycles. The van der Waals surface area contributed by atoms with Crippen molar-refractivity contribution >= 4 is 38.2 Å². The fourth-order valence-electron chi connectivity index (χ4n) is 3.77. The summed E-state index contributed by atoms with van der Waals surface area (Å²) < 4.78 is 40.3. The Labute approximate surface area is 201 Å². The molecular formula is C26H21FN2O5S. The molecule has 0 aromatic heterocycles. The minimum atomic E-state index is -4.13. The molecule has 3 aromatic carbocycles. The van der Waals surface area contributed by atoms with Gasteiger partial charge in [0.1, 0.15) is 10.7 Å². The number of halogens is 1. The minimum Gasteiger partial charge on any atom is -0.322 e. The maximum absolute atomic E-state index is 13.3. The van der Waals surface area contributed by atoms with E-state index in [4.69, 9.17) is 0 Å². The van der Waals surface area contributed by atoms with E-state index >= 15 is 0 Å². The van der Waals surface area contributed by atoms with Crippen molar-refractivity contribution < 1.29 is 27.2 Å². The number of ketones is 1. The van der Waals surface area contributed by atoms with E-state index in [0.717, 1.165) is 16.4 Å². The molecule has 0 unspecified atom stereocenters. The highest BCUT2D eigenvalue weighted by Gasteiger charge is 2.42. The third-order valence-electron chi connectivity index (χ3n) is 5.61. The molecule has 0 fully saturated rings. The maximum atomic E-state index is 13.3. The average Bonchev–Trinajstić information content (AvgIpc) is 2.99. The fraction of sp³-hybridized carbons (Fsp3) is 0.115. The van der Waals surface area contributed by atoms with E-state index < -0.39 is 27.7 Å². The van der Waals surface area contributed by atoms with Crippen molar-refractivity contribution in [2.45, 2.75) is 20.4 Å². The van der Waals surface area contributed by atoms with Crippen molar-refractivity contribution in [3.8, 4) is 0 Å². The highest BCUT2D eigenvalue weighted by Crippen LogP contribution is 2.36. The van der Waals surface area contributed by atoms with Gasteiger partial charge in [0.25, 0.3) is 21.8 Å². The van der Waals surface area contributed by atoms with Crippen LogP contribution in [0.4, 0.5) is 10.1 Å². The summed E-state index contributed by atoms with van der Waals surface area (Å²) in [4.78, 5) is 36.7. The summed E-state index contributed by atoms with van der Waals surface area (Å²) in [5.41, 5.74) is 2.05. The first-order valence-corrected chi connectivity index (χ1v) is 12.1. The van der Waals surface area contributed by atoms with Crippen LogP contribution in [-0.2, 0) is 21.4 Å². The van der Waals surface area contributed by atoms with Crippen LogP contribution in [0, 0.1) is 5.82 Å². The van der Waals surface area contributed by atoms with Gasteiger partial charge in [-0.05, 0) is 61.4 Å². The SMILES string of the molecule is CC(=O)c1cccc(NC(=O)c2ccc(CN3C(=O)C(C)=C(c4ccc(F)cc4)S3(=O)=O)cc2)c1. The van der Waals surface area contributed by atoms with Gasteiger partial charge >= 0.3 is 0 Å². The molecule has 0 atom stereocenters. The van der Waals surface area contributed by atoms with Crippen molar-refractivity contribution in [3.05, 3.63) is 106 Å². The smallest absolute Gasteiger partial charge is 0.268 e. The molecule has 1 aliphatic rings. The summed E-state index contributed by atoms with van der Waals surface area (Å²) in [5.74, 6) is -1.69. The molecule has 0 bridgehead atoms. The van der Waals surface area contributed by atoms with E-state index in [1.165, 1.54) is 38.1 Å². The molecule has 0 radical (unpaired) electrons. The molecule has 0 aliphatic carbocycles. The number of hydrogen-bond acceptors (Lipinski definition) is 5. The van der Waals surface area contributed by atoms with Crippen LogP contribution in [-0.4, -0.2) is 30.3 Å². The third-order valence-corrected chi connectivity index (χ3v) is 7.54. The van der Waals surface area contributed by atoms with Gasteiger partial charge < -0.3 is 5.32 Å². The number of anilines is 1. The highest BCUT2D eigenvalue weighted by atomic mass is 32.2. The summed E-state index contributed by atoms with van der Waals surface area (Å²) in [6, 6.07) is 17.6. The Morgan fingerprint density at radius 3 is 2.23 bits per heavy atom. The van der Waals surface area contributed by atoms with Gasteiger partial charge in [0.2, 0.25) is 0 Å². The predicted molar refractivity (Wildman–Crippen MR) is 129 cm³/mol. The summed E-state index contributed by atoms with van der Waals surface area (Å²) in [7, 11) is -4.13. The summed E-state index contributed by atoms with van der Waals surface area (Å²) >= 11 is 0. The molecule has 3 aromatic rings. The lowest BCUT2D eigenvalue weighted by Gasteiger charge is -2.17. The van der Waals surface area contributed by atoms with Crippen LogP contribution in [0.2, 0.25) is 0 Å². The van der Waals surface area contributed by atoms with Gasteiger partial charge in [0, 0.05) is 22.4 Å². The highest BCUT2D eigenvalue weighted by molar-refractivity contribution is 7.99. The monoisotopic (exact) mass is 492 g/mol. The molecule has 0 spiro atoms. The van der Waals surface area contributed by atoms with Gasteiger partial charge in [-0.15, -0.1) is 0 Å². The Hall–Kier alpha value is -4.11. The normalized spacial score (nSPS) is 14.8. The number of sulfonamides is 1. The number of nitrogens with one attached hydrogen (secondary N) is 1. The minimum absolute atomic E-state index is 0.0559. The Bertz CT molecular complexity index is 1480. The van der Waals surface area contributed by atoms with E-state index in [2.05, 4.69) is 5.32 Å². The molecule has 178 valence electrons. The van der Waals surface area contributed by atoms with Crippen LogP contribution in [0.25, 0.3) is 4.91 Å². The van der Waals surface area contributed by atoms with Crippen LogP contribution < -0.4 is 5.32 Å². The quantitative estimate of drug-likeness (QED) is 0.515. The molecule has 1 heterocycles. The van der Waals surface area contributed by atoms with Crippen molar-refractivity contribution in [1.82, 2.24) is 4.31 Å². The van der Waals surface area contributed by atoms with Gasteiger partial charge in [-0.2, -0.15) is 0 Å². The number of Topliss-reactive ketones (excluding diaryl/α,β-unsaturated/α-hetero) is 1. The largest absolute Gasteiger partial charge is 0.322 e. The van der Waals surface area contributed by atoms with Crippen molar-refractivity contribution in [2.75, 3.05) is 5.32 Å². The van der Waals surface area contributed by atoms with E-state index in [1.807, 2.05) is 0 Å². The zero-order chi connectivity index (χ0) is 25.3. The molecule has 1 N–H and O–H groups in total. The second-order valence-electron chi connectivity index (χ2n) is 8.07. The van der Waals surface area contributed by atoms with Crippen molar-refractivity contribution in [1.29, 1.82) is 0 Å².